The second kappa shape index (κ2) is 64.2. The molecule has 2 rings (SSSR count). The number of allylic oxidation sites excluding steroid dienone is 4. The molecule has 0 atom stereocenters. The molecule has 480 valence electrons. The third kappa shape index (κ3) is 48.4. The van der Waals surface area contributed by atoms with Crippen molar-refractivity contribution < 1.29 is 22.8 Å². The molecule has 0 aliphatic heterocycles. The van der Waals surface area contributed by atoms with Crippen LogP contribution in [0.5, 0.6) is 0 Å². The molecular weight excluding hydrogens is 1100 g/mol. The van der Waals surface area contributed by atoms with Crippen LogP contribution in [0.25, 0.3) is 11.1 Å². The van der Waals surface area contributed by atoms with Gasteiger partial charge in [0.25, 0.3) is 0 Å². The van der Waals surface area contributed by atoms with E-state index in [1.165, 1.54) is 348 Å². The molecule has 0 aliphatic carbocycles. The maximum atomic E-state index is 9.96. The monoisotopic (exact) mass is 1240 g/mol. The molecule has 0 fully saturated rings. The third-order valence-electron chi connectivity index (χ3n) is 17.8. The number of aryl methyl sites for hydroxylation is 2. The zero-order chi connectivity index (χ0) is 59.8. The summed E-state index contributed by atoms with van der Waals surface area (Å²) in [4.78, 5) is 3.55. The van der Waals surface area contributed by atoms with Gasteiger partial charge in [0.2, 0.25) is 0 Å². The van der Waals surface area contributed by atoms with Gasteiger partial charge in [0.15, 0.2) is 0 Å². The zero-order valence-electron chi connectivity index (χ0n) is 56.6. The quantitative estimate of drug-likeness (QED) is 0.0120. The Hall–Kier alpha value is -2.26. The van der Waals surface area contributed by atoms with E-state index in [1.54, 1.807) is 0 Å². The van der Waals surface area contributed by atoms with E-state index in [4.69, 9.17) is 0 Å². The standard InChI is InChI=1S/C78H134N2.2CH3.Pd/c1-5-9-12-15-17-19-21-23-25-27-29-31-33-34-35-36-38-40-42-44-46-48-50-52-54-56-59-68-76(73(8-4)71-80-79)78(75-67-62-64-72(70-75)63-57-14-11-7-3)77-69-61-60-66-74(77)65-58-55-53-51-49-47-45-43-41-39-37-32-30-28-26-24-22-20-18-16-13-10-6-2;;;/h51,53,60-62,64,66-67,69-70H,5-50,52,54-59,63,65,68H2,1-4H3;2*1H3;. The van der Waals surface area contributed by atoms with Crippen LogP contribution in [-0.4, -0.2) is 10.7 Å². The Morgan fingerprint density at radius 1 is 0.398 bits per heavy atom. The summed E-state index contributed by atoms with van der Waals surface area (Å²) in [5.74, 6) is 3.10. The third-order valence-corrected chi connectivity index (χ3v) is 17.8. The predicted octanol–water partition coefficient (Wildman–Crippen LogP) is 28.3. The molecule has 0 amide bonds. The Kier molecular flexibility index (Phi) is 60.9. The van der Waals surface area contributed by atoms with Gasteiger partial charge in [-0.15, -0.1) is 4.79 Å². The second-order valence-electron chi connectivity index (χ2n) is 25.5. The Morgan fingerprint density at radius 2 is 0.747 bits per heavy atom. The molecule has 2 aromatic carbocycles. The molecule has 3 heteroatoms. The van der Waals surface area contributed by atoms with Gasteiger partial charge in [-0.25, -0.2) is 0 Å². The Balaban J connectivity index is 0.0000112. The SMILES string of the molecule is CCCCCCCCCCCCCCCCCCCCC=CCCCc1ccccc1C(=C(CCCCCCCCCCCCCCCCCCCCCCCCCCCCC)C(=C=[N+]=[N-])CC)c1cccc(CCCCCC)c1.[CH3][Pd][CH3]. The summed E-state index contributed by atoms with van der Waals surface area (Å²) in [5.41, 5.74) is 19.2. The van der Waals surface area contributed by atoms with Crippen LogP contribution in [0.2, 0.25) is 10.8 Å². The zero-order valence-corrected chi connectivity index (χ0v) is 58.1. The van der Waals surface area contributed by atoms with Gasteiger partial charge in [0, 0.05) is 0 Å². The van der Waals surface area contributed by atoms with Gasteiger partial charge in [-0.2, -0.15) is 0 Å². The van der Waals surface area contributed by atoms with Crippen molar-refractivity contribution in [2.45, 2.75) is 398 Å². The van der Waals surface area contributed by atoms with Crippen LogP contribution >= 0.6 is 0 Å². The molecule has 0 bridgehead atoms. The molecule has 0 aromatic heterocycles. The van der Waals surface area contributed by atoms with Gasteiger partial charge < -0.3 is 5.53 Å². The van der Waals surface area contributed by atoms with Crippen LogP contribution in [0.4, 0.5) is 0 Å². The topological polar surface area (TPSA) is 36.4 Å². The van der Waals surface area contributed by atoms with Gasteiger partial charge in [-0.1, -0.05) is 384 Å². The summed E-state index contributed by atoms with van der Waals surface area (Å²) < 4.78 is 0. The van der Waals surface area contributed by atoms with E-state index in [9.17, 15) is 5.53 Å². The molecule has 0 N–H and O–H groups in total. The van der Waals surface area contributed by atoms with Crippen molar-refractivity contribution in [1.29, 1.82) is 0 Å². The maximum absolute atomic E-state index is 9.96. The number of hydrogen-bond donors (Lipinski definition) is 0. The molecule has 0 radical (unpaired) electrons. The number of unbranched alkanes of at least 4 members (excludes halogenated alkanes) is 48. The fraction of sp³-hybridized carbons (Fsp3) is 0.775. The average molecular weight is 1240 g/mol. The van der Waals surface area contributed by atoms with Crippen molar-refractivity contribution in [1.82, 2.24) is 0 Å². The fourth-order valence-corrected chi connectivity index (χ4v) is 12.6. The molecule has 0 heterocycles. The van der Waals surface area contributed by atoms with Crippen LogP contribution in [-0.2, 0) is 30.8 Å². The molecule has 0 aliphatic rings. The first kappa shape index (κ1) is 78.8. The van der Waals surface area contributed by atoms with E-state index in [1.807, 2.05) is 0 Å². The van der Waals surface area contributed by atoms with Gasteiger partial charge in [0.05, 0.1) is 5.57 Å². The Bertz CT molecular complexity index is 1830. The number of rotatable bonds is 60. The summed E-state index contributed by atoms with van der Waals surface area (Å²) in [6.07, 6.45) is 81.5. The average Bonchev–Trinajstić information content (AvgIpc) is 3.53. The van der Waals surface area contributed by atoms with Crippen LogP contribution in [0.15, 0.2) is 71.8 Å². The van der Waals surface area contributed by atoms with Gasteiger partial charge in [-0.05, 0) is 97.6 Å². The summed E-state index contributed by atoms with van der Waals surface area (Å²) in [5, 5.41) is 4.35. The first-order valence-electron chi connectivity index (χ1n) is 36.8. The summed E-state index contributed by atoms with van der Waals surface area (Å²) >= 11 is 0.950. The molecule has 0 unspecified atom stereocenters. The van der Waals surface area contributed by atoms with Crippen LogP contribution in [0.3, 0.4) is 0 Å². The summed E-state index contributed by atoms with van der Waals surface area (Å²) in [6.45, 7) is 9.13. The van der Waals surface area contributed by atoms with E-state index in [2.05, 4.69) is 110 Å². The summed E-state index contributed by atoms with van der Waals surface area (Å²) in [7, 11) is 0. The minimum atomic E-state index is 0.797. The predicted molar refractivity (Wildman–Crippen MR) is 371 cm³/mol. The molecular formula is C80H140N2Pd. The molecule has 2 aromatic rings. The van der Waals surface area contributed by atoms with E-state index in [0.717, 1.165) is 68.5 Å². The first-order valence-corrected chi connectivity index (χ1v) is 40.0. The molecule has 0 saturated carbocycles. The fourth-order valence-electron chi connectivity index (χ4n) is 12.6. The van der Waals surface area contributed by atoms with Crippen molar-refractivity contribution in [3.63, 3.8) is 0 Å². The van der Waals surface area contributed by atoms with Crippen molar-refractivity contribution >= 4 is 11.4 Å². The molecule has 2 nitrogen and oxygen atoms in total. The van der Waals surface area contributed by atoms with Crippen molar-refractivity contribution in [2.75, 3.05) is 0 Å². The van der Waals surface area contributed by atoms with Crippen LogP contribution in [0.1, 0.15) is 397 Å². The first-order chi connectivity index (χ1) is 41.1. The second-order valence-corrected chi connectivity index (χ2v) is 27.0. The van der Waals surface area contributed by atoms with Crippen molar-refractivity contribution in [2.24, 2.45) is 0 Å². The Morgan fingerprint density at radius 3 is 1.13 bits per heavy atom. The van der Waals surface area contributed by atoms with Crippen molar-refractivity contribution in [3.05, 3.63) is 99.6 Å². The van der Waals surface area contributed by atoms with E-state index >= 15 is 0 Å². The van der Waals surface area contributed by atoms with Gasteiger partial charge in [0.1, 0.15) is 0 Å². The van der Waals surface area contributed by atoms with E-state index in [-0.39, 0.29) is 0 Å². The van der Waals surface area contributed by atoms with Crippen LogP contribution in [0, 0.1) is 0 Å². The van der Waals surface area contributed by atoms with Gasteiger partial charge in [-0.3, -0.25) is 0 Å². The summed E-state index contributed by atoms with van der Waals surface area (Å²) in [6, 6.07) is 18.7. The molecule has 83 heavy (non-hydrogen) atoms. The minimum absolute atomic E-state index is 0.797. The number of hydrogen-bond acceptors (Lipinski definition) is 0. The van der Waals surface area contributed by atoms with E-state index < -0.39 is 0 Å². The van der Waals surface area contributed by atoms with E-state index in [0.29, 0.717) is 0 Å². The molecule has 0 saturated heterocycles. The number of nitrogens with zero attached hydrogens (tertiary/aromatic N) is 2. The van der Waals surface area contributed by atoms with Crippen LogP contribution < -0.4 is 0 Å². The number of benzene rings is 2. The van der Waals surface area contributed by atoms with Gasteiger partial charge >= 0.3 is 34.6 Å². The Labute approximate surface area is 528 Å². The van der Waals surface area contributed by atoms with Crippen molar-refractivity contribution in [3.8, 4) is 0 Å². The molecule has 0 spiro atoms. The normalized spacial score (nSPS) is 11.7.